The number of anilines is 1. The fourth-order valence-electron chi connectivity index (χ4n) is 3.34. The summed E-state index contributed by atoms with van der Waals surface area (Å²) in [5.41, 5.74) is 6.33. The number of methoxy groups -OCH3 is 1. The largest absolute Gasteiger partial charge is 0.467 e. The molecule has 0 aliphatic rings. The van der Waals surface area contributed by atoms with E-state index < -0.39 is 17.3 Å². The average Bonchev–Trinajstić information content (AvgIpc) is 3.02. The van der Waals surface area contributed by atoms with Crippen LogP contribution >= 0.6 is 11.6 Å². The maximum Gasteiger partial charge on any atom is 0.336 e. The van der Waals surface area contributed by atoms with Crippen molar-refractivity contribution < 1.29 is 13.9 Å². The van der Waals surface area contributed by atoms with Gasteiger partial charge >= 0.3 is 5.97 Å². The molecule has 0 aliphatic heterocycles. The van der Waals surface area contributed by atoms with Gasteiger partial charge in [-0.3, -0.25) is 0 Å². The zero-order valence-corrected chi connectivity index (χ0v) is 14.7. The van der Waals surface area contributed by atoms with Gasteiger partial charge in [0.2, 0.25) is 0 Å². The highest BCUT2D eigenvalue weighted by molar-refractivity contribution is 6.30. The second kappa shape index (κ2) is 6.41. The van der Waals surface area contributed by atoms with E-state index in [1.807, 2.05) is 6.92 Å². The predicted octanol–water partition coefficient (Wildman–Crippen LogP) is 4.34. The zero-order valence-electron chi connectivity index (χ0n) is 13.9. The highest BCUT2D eigenvalue weighted by Crippen LogP contribution is 2.37. The third-order valence-corrected chi connectivity index (χ3v) is 4.82. The van der Waals surface area contributed by atoms with Crippen LogP contribution in [0, 0.1) is 5.82 Å². The molecule has 25 heavy (non-hydrogen) atoms. The molecule has 1 unspecified atom stereocenters. The molecule has 4 nitrogen and oxygen atoms in total. The van der Waals surface area contributed by atoms with E-state index >= 15 is 0 Å². The summed E-state index contributed by atoms with van der Waals surface area (Å²) >= 11 is 5.99. The summed E-state index contributed by atoms with van der Waals surface area (Å²) in [4.78, 5) is 12.9. The van der Waals surface area contributed by atoms with Gasteiger partial charge in [0.1, 0.15) is 5.82 Å². The molecule has 0 bridgehead atoms. The number of hydrogen-bond acceptors (Lipinski definition) is 3. The van der Waals surface area contributed by atoms with Crippen LogP contribution in [0.1, 0.15) is 18.9 Å². The normalized spacial score (nSPS) is 13.6. The van der Waals surface area contributed by atoms with Gasteiger partial charge in [0, 0.05) is 22.3 Å². The Morgan fingerprint density at radius 2 is 1.96 bits per heavy atom. The third-order valence-electron chi connectivity index (χ3n) is 4.57. The van der Waals surface area contributed by atoms with Crippen LogP contribution in [0.4, 0.5) is 10.1 Å². The highest BCUT2D eigenvalue weighted by Gasteiger charge is 2.42. The minimum absolute atomic E-state index is 0.319. The van der Waals surface area contributed by atoms with Crippen molar-refractivity contribution in [3.8, 4) is 0 Å². The third kappa shape index (κ3) is 2.65. The van der Waals surface area contributed by atoms with E-state index in [0.29, 0.717) is 33.6 Å². The average molecular weight is 361 g/mol. The lowest BCUT2D eigenvalue weighted by Crippen LogP contribution is -2.43. The quantitative estimate of drug-likeness (QED) is 0.556. The Morgan fingerprint density at radius 3 is 2.56 bits per heavy atom. The zero-order chi connectivity index (χ0) is 18.2. The SMILES string of the molecule is CCC(C(=O)OC)(c1ccc(Cl)cc1)n1ccc2c(N)cc(F)cc21. The molecule has 0 amide bonds. The number of nitrogens with zero attached hydrogens (tertiary/aromatic N) is 1. The Balaban J connectivity index is 2.36. The van der Waals surface area contributed by atoms with Gasteiger partial charge in [-0.1, -0.05) is 30.7 Å². The van der Waals surface area contributed by atoms with Gasteiger partial charge < -0.3 is 15.0 Å². The summed E-state index contributed by atoms with van der Waals surface area (Å²) < 4.78 is 20.8. The number of halogens is 2. The van der Waals surface area contributed by atoms with Crippen LogP contribution in [0.3, 0.4) is 0 Å². The van der Waals surface area contributed by atoms with Gasteiger partial charge in [-0.25, -0.2) is 9.18 Å². The van der Waals surface area contributed by atoms with Crippen molar-refractivity contribution in [3.63, 3.8) is 0 Å². The molecule has 0 saturated heterocycles. The summed E-state index contributed by atoms with van der Waals surface area (Å²) in [6, 6.07) is 11.4. The van der Waals surface area contributed by atoms with Gasteiger partial charge in [0.15, 0.2) is 5.54 Å². The lowest BCUT2D eigenvalue weighted by Gasteiger charge is -2.33. The van der Waals surface area contributed by atoms with E-state index in [2.05, 4.69) is 0 Å². The number of aromatic nitrogens is 1. The topological polar surface area (TPSA) is 57.2 Å². The van der Waals surface area contributed by atoms with Crippen molar-refractivity contribution in [2.45, 2.75) is 18.9 Å². The van der Waals surface area contributed by atoms with E-state index in [1.165, 1.54) is 19.2 Å². The number of carbonyl (C=O) groups excluding carboxylic acids is 1. The molecule has 2 aromatic carbocycles. The first-order chi connectivity index (χ1) is 11.9. The van der Waals surface area contributed by atoms with Crippen molar-refractivity contribution in [1.82, 2.24) is 4.57 Å². The summed E-state index contributed by atoms with van der Waals surface area (Å²) in [6.07, 6.45) is 2.14. The molecule has 0 fully saturated rings. The predicted molar refractivity (Wildman–Crippen MR) is 97.1 cm³/mol. The molecule has 6 heteroatoms. The number of nitrogen functional groups attached to an aromatic ring is 1. The Morgan fingerprint density at radius 1 is 1.28 bits per heavy atom. The molecule has 0 aliphatic carbocycles. The van der Waals surface area contributed by atoms with Crippen molar-refractivity contribution in [1.29, 1.82) is 0 Å². The van der Waals surface area contributed by atoms with Crippen LogP contribution in [0.15, 0.2) is 48.7 Å². The first kappa shape index (κ1) is 17.3. The standard InChI is InChI=1S/C19H18ClFN2O2/c1-3-19(18(24)25-2,12-4-6-13(20)7-5-12)23-9-8-15-16(22)10-14(21)11-17(15)23/h4-11H,3,22H2,1-2H3. The summed E-state index contributed by atoms with van der Waals surface area (Å²) in [6.45, 7) is 1.88. The minimum atomic E-state index is -1.15. The molecule has 1 heterocycles. The van der Waals surface area contributed by atoms with E-state index in [4.69, 9.17) is 22.1 Å². The van der Waals surface area contributed by atoms with Crippen LogP contribution in [-0.4, -0.2) is 17.6 Å². The van der Waals surface area contributed by atoms with E-state index in [0.717, 1.165) is 0 Å². The molecule has 0 saturated carbocycles. The second-order valence-electron chi connectivity index (χ2n) is 5.83. The minimum Gasteiger partial charge on any atom is -0.467 e. The van der Waals surface area contributed by atoms with Crippen LogP contribution in [0.5, 0.6) is 0 Å². The van der Waals surface area contributed by atoms with E-state index in [9.17, 15) is 9.18 Å². The molecule has 1 atom stereocenters. The number of benzene rings is 2. The van der Waals surface area contributed by atoms with Crippen molar-refractivity contribution in [2.75, 3.05) is 12.8 Å². The summed E-state index contributed by atoms with van der Waals surface area (Å²) in [5, 5.41) is 1.24. The van der Waals surface area contributed by atoms with Gasteiger partial charge in [0.05, 0.1) is 12.6 Å². The summed E-state index contributed by atoms with van der Waals surface area (Å²) in [7, 11) is 1.34. The van der Waals surface area contributed by atoms with E-state index in [-0.39, 0.29) is 0 Å². The van der Waals surface area contributed by atoms with Crippen LogP contribution in [0.25, 0.3) is 10.9 Å². The van der Waals surface area contributed by atoms with Gasteiger partial charge in [-0.15, -0.1) is 0 Å². The van der Waals surface area contributed by atoms with Crippen molar-refractivity contribution in [2.24, 2.45) is 0 Å². The maximum absolute atomic E-state index is 14.0. The number of esters is 1. The van der Waals surface area contributed by atoms with Gasteiger partial charge in [0.25, 0.3) is 0 Å². The molecular weight excluding hydrogens is 343 g/mol. The molecular formula is C19H18ClFN2O2. The smallest absolute Gasteiger partial charge is 0.336 e. The molecule has 130 valence electrons. The lowest BCUT2D eigenvalue weighted by atomic mass is 9.86. The number of nitrogens with two attached hydrogens (primary N) is 1. The van der Waals surface area contributed by atoms with Crippen molar-refractivity contribution >= 4 is 34.2 Å². The maximum atomic E-state index is 14.0. The number of hydrogen-bond donors (Lipinski definition) is 1. The molecule has 1 aromatic heterocycles. The number of ether oxygens (including phenoxy) is 1. The molecule has 0 spiro atoms. The highest BCUT2D eigenvalue weighted by atomic mass is 35.5. The Bertz CT molecular complexity index is 936. The number of carbonyl (C=O) groups is 1. The molecule has 3 aromatic rings. The lowest BCUT2D eigenvalue weighted by molar-refractivity contribution is -0.149. The fourth-order valence-corrected chi connectivity index (χ4v) is 3.46. The summed E-state index contributed by atoms with van der Waals surface area (Å²) in [5.74, 6) is -0.909. The van der Waals surface area contributed by atoms with Gasteiger partial charge in [-0.05, 0) is 42.3 Å². The molecule has 2 N–H and O–H groups in total. The molecule has 3 rings (SSSR count). The Kier molecular flexibility index (Phi) is 4.43. The van der Waals surface area contributed by atoms with Crippen molar-refractivity contribution in [3.05, 3.63) is 65.1 Å². The number of fused-ring (bicyclic) bond motifs is 1. The first-order valence-corrected chi connectivity index (χ1v) is 8.23. The van der Waals surface area contributed by atoms with Crippen LogP contribution in [0.2, 0.25) is 5.02 Å². The monoisotopic (exact) mass is 360 g/mol. The van der Waals surface area contributed by atoms with Crippen LogP contribution in [-0.2, 0) is 15.1 Å². The fraction of sp³-hybridized carbons (Fsp3) is 0.211. The Labute approximate surface area is 149 Å². The van der Waals surface area contributed by atoms with Crippen LogP contribution < -0.4 is 5.73 Å². The second-order valence-corrected chi connectivity index (χ2v) is 6.26. The Hall–Kier alpha value is -2.53. The van der Waals surface area contributed by atoms with E-state index in [1.54, 1.807) is 41.1 Å². The number of rotatable bonds is 4. The first-order valence-electron chi connectivity index (χ1n) is 7.85. The molecule has 0 radical (unpaired) electrons. The van der Waals surface area contributed by atoms with Gasteiger partial charge in [-0.2, -0.15) is 0 Å².